The molecule has 1 aliphatic carbocycles. The Labute approximate surface area is 234 Å². The van der Waals surface area contributed by atoms with Crippen molar-refractivity contribution in [2.24, 2.45) is 5.92 Å². The molecule has 214 valence electrons. The van der Waals surface area contributed by atoms with Gasteiger partial charge in [-0.05, 0) is 70.6 Å². The zero-order valence-electron chi connectivity index (χ0n) is 23.7. The van der Waals surface area contributed by atoms with Gasteiger partial charge in [0.2, 0.25) is 11.8 Å². The van der Waals surface area contributed by atoms with Gasteiger partial charge in [-0.3, -0.25) is 19.3 Å². The van der Waals surface area contributed by atoms with Gasteiger partial charge in [-0.1, -0.05) is 12.1 Å². The van der Waals surface area contributed by atoms with Crippen molar-refractivity contribution in [3.63, 3.8) is 0 Å². The molecular weight excluding hydrogens is 512 g/mol. The fourth-order valence-electron chi connectivity index (χ4n) is 6.56. The van der Waals surface area contributed by atoms with Gasteiger partial charge in [0.15, 0.2) is 0 Å². The molecule has 3 heterocycles. The second kappa shape index (κ2) is 10.4. The van der Waals surface area contributed by atoms with E-state index in [0.717, 1.165) is 12.0 Å². The van der Waals surface area contributed by atoms with Crippen LogP contribution in [0.5, 0.6) is 0 Å². The van der Waals surface area contributed by atoms with Crippen molar-refractivity contribution in [2.45, 2.75) is 88.8 Å². The van der Waals surface area contributed by atoms with Crippen molar-refractivity contribution >= 4 is 23.8 Å². The topological polar surface area (TPSA) is 135 Å². The van der Waals surface area contributed by atoms with Gasteiger partial charge in [-0.2, -0.15) is 5.26 Å². The number of hydrogen-bond donors (Lipinski definition) is 2. The van der Waals surface area contributed by atoms with Gasteiger partial charge in [-0.15, -0.1) is 0 Å². The van der Waals surface area contributed by atoms with Crippen LogP contribution in [0.15, 0.2) is 24.3 Å². The molecule has 11 heteroatoms. The Balaban J connectivity index is 1.29. The number of likely N-dealkylation sites (tertiary alicyclic amines) is 3. The van der Waals surface area contributed by atoms with Crippen LogP contribution in [0.4, 0.5) is 4.79 Å². The van der Waals surface area contributed by atoms with Crippen molar-refractivity contribution < 1.29 is 23.9 Å². The van der Waals surface area contributed by atoms with Crippen LogP contribution in [-0.4, -0.2) is 94.5 Å². The van der Waals surface area contributed by atoms with Gasteiger partial charge < -0.3 is 25.2 Å². The molecule has 5 rings (SSSR count). The lowest BCUT2D eigenvalue weighted by molar-refractivity contribution is -0.141. The lowest BCUT2D eigenvalue weighted by Crippen LogP contribution is -2.59. The number of nitrogens with one attached hydrogen (secondary N) is 2. The molecule has 1 aromatic carbocycles. The van der Waals surface area contributed by atoms with E-state index in [9.17, 15) is 24.4 Å². The number of alkyl carbamates (subject to hydrolysis) is 1. The molecule has 0 spiro atoms. The smallest absolute Gasteiger partial charge is 0.408 e. The molecule has 3 saturated heterocycles. The van der Waals surface area contributed by atoms with Crippen LogP contribution in [0.1, 0.15) is 68.9 Å². The Morgan fingerprint density at radius 3 is 2.45 bits per heavy atom. The van der Waals surface area contributed by atoms with Gasteiger partial charge in [0.25, 0.3) is 5.91 Å². The highest BCUT2D eigenvalue weighted by Gasteiger charge is 2.56. The molecule has 11 nitrogen and oxygen atoms in total. The van der Waals surface area contributed by atoms with Crippen LogP contribution in [0.25, 0.3) is 0 Å². The normalized spacial score (nSPS) is 28.5. The summed E-state index contributed by atoms with van der Waals surface area (Å²) in [6, 6.07) is 7.51. The molecule has 1 saturated carbocycles. The molecule has 4 amide bonds. The zero-order valence-corrected chi connectivity index (χ0v) is 23.7. The van der Waals surface area contributed by atoms with Crippen molar-refractivity contribution in [1.29, 1.82) is 5.26 Å². The number of carbonyl (C=O) groups is 4. The third-order valence-corrected chi connectivity index (χ3v) is 8.53. The number of rotatable bonds is 7. The van der Waals surface area contributed by atoms with Crippen molar-refractivity contribution in [2.75, 3.05) is 20.1 Å². The summed E-state index contributed by atoms with van der Waals surface area (Å²) in [5.41, 5.74) is 0.761. The molecule has 2 N–H and O–H groups in total. The van der Waals surface area contributed by atoms with Crippen molar-refractivity contribution in [3.05, 3.63) is 35.4 Å². The summed E-state index contributed by atoms with van der Waals surface area (Å²) in [4.78, 5) is 57.4. The first-order valence-corrected chi connectivity index (χ1v) is 14.0. The minimum absolute atomic E-state index is 0.0130. The minimum atomic E-state index is -0.930. The number of nitrogens with zero attached hydrogens (tertiary/aromatic N) is 4. The lowest BCUT2D eigenvalue weighted by atomic mass is 10.0. The summed E-state index contributed by atoms with van der Waals surface area (Å²) in [7, 11) is 1.58. The van der Waals surface area contributed by atoms with Gasteiger partial charge in [0, 0.05) is 37.8 Å². The second-order valence-electron chi connectivity index (χ2n) is 12.4. The van der Waals surface area contributed by atoms with E-state index in [1.54, 1.807) is 44.9 Å². The Hall–Kier alpha value is -3.65. The van der Waals surface area contributed by atoms with E-state index in [0.29, 0.717) is 30.9 Å². The summed E-state index contributed by atoms with van der Waals surface area (Å²) < 4.78 is 5.44. The molecule has 3 aliphatic heterocycles. The van der Waals surface area contributed by atoms with E-state index < -0.39 is 29.8 Å². The monoisotopic (exact) mass is 550 g/mol. The Morgan fingerprint density at radius 1 is 1.15 bits per heavy atom. The highest BCUT2D eigenvalue weighted by Crippen LogP contribution is 2.48. The van der Waals surface area contributed by atoms with E-state index >= 15 is 0 Å². The van der Waals surface area contributed by atoms with E-state index in [1.807, 2.05) is 28.9 Å². The lowest BCUT2D eigenvalue weighted by Gasteiger charge is -2.39. The molecule has 0 aromatic heterocycles. The standard InChI is InChI=1S/C29H38N6O5/c1-16(17-6-8-18(9-7-17)25(36)31-5)34-21-12-24(27(34)38)33(14-21)15-22(32-28(39)40-29(2,3)4)26(37)35-20(13-30)10-19-11-23(19)35/h6-9,16,19-24H,10-12,14-15H2,1-5H3,(H,31,36)(H,32,39)/t16-,19+,20-,21-,22-,23-,24-/m0/s1. The summed E-state index contributed by atoms with van der Waals surface area (Å²) in [6.45, 7) is 7.99. The maximum atomic E-state index is 13.7. The van der Waals surface area contributed by atoms with Crippen molar-refractivity contribution in [3.8, 4) is 6.07 Å². The van der Waals surface area contributed by atoms with Gasteiger partial charge in [0.05, 0.1) is 18.2 Å². The fourth-order valence-corrected chi connectivity index (χ4v) is 6.56. The molecule has 40 heavy (non-hydrogen) atoms. The Bertz CT molecular complexity index is 1240. The van der Waals surface area contributed by atoms with Gasteiger partial charge >= 0.3 is 6.09 Å². The molecule has 0 unspecified atom stereocenters. The summed E-state index contributed by atoms with van der Waals surface area (Å²) >= 11 is 0. The molecule has 4 fully saturated rings. The van der Waals surface area contributed by atoms with E-state index in [4.69, 9.17) is 4.74 Å². The average molecular weight is 551 g/mol. The first-order chi connectivity index (χ1) is 18.9. The quantitative estimate of drug-likeness (QED) is 0.529. The number of benzene rings is 1. The number of fused-ring (bicyclic) bond motifs is 3. The third-order valence-electron chi connectivity index (χ3n) is 8.53. The number of piperazine rings is 1. The SMILES string of the molecule is CNC(=O)c1ccc([C@H](C)N2C(=O)[C@@H]3C[C@H]2CN3C[C@H](NC(=O)OC(C)(C)C)C(=O)N2[C@H](C#N)C[C@@H]3C[C@@H]32)cc1. The molecule has 7 atom stereocenters. The number of ether oxygens (including phenoxy) is 1. The fraction of sp³-hybridized carbons (Fsp3) is 0.621. The van der Waals surface area contributed by atoms with Crippen LogP contribution in [0.2, 0.25) is 0 Å². The van der Waals surface area contributed by atoms with Gasteiger partial charge in [0.1, 0.15) is 17.7 Å². The second-order valence-corrected chi connectivity index (χ2v) is 12.4. The summed E-state index contributed by atoms with van der Waals surface area (Å²) in [5, 5.41) is 15.0. The molecule has 1 aromatic rings. The van der Waals surface area contributed by atoms with E-state index in [1.165, 1.54) is 0 Å². The zero-order chi connectivity index (χ0) is 28.9. The number of carbonyl (C=O) groups excluding carboxylic acids is 4. The third kappa shape index (κ3) is 5.24. The Kier molecular flexibility index (Phi) is 7.25. The van der Waals surface area contributed by atoms with Crippen LogP contribution < -0.4 is 10.6 Å². The Morgan fingerprint density at radius 2 is 1.85 bits per heavy atom. The molecular formula is C29H38N6O5. The van der Waals surface area contributed by atoms with Crippen LogP contribution >= 0.6 is 0 Å². The van der Waals surface area contributed by atoms with Crippen LogP contribution in [0, 0.1) is 17.2 Å². The predicted molar refractivity (Wildman–Crippen MR) is 145 cm³/mol. The maximum Gasteiger partial charge on any atom is 0.408 e. The van der Waals surface area contributed by atoms with Crippen LogP contribution in [-0.2, 0) is 14.3 Å². The van der Waals surface area contributed by atoms with Crippen molar-refractivity contribution in [1.82, 2.24) is 25.3 Å². The predicted octanol–water partition coefficient (Wildman–Crippen LogP) is 1.80. The van der Waals surface area contributed by atoms with E-state index in [2.05, 4.69) is 16.7 Å². The number of piperidine rings is 1. The average Bonchev–Trinajstić information content (AvgIpc) is 3.23. The number of hydrogen-bond acceptors (Lipinski definition) is 7. The number of nitriles is 1. The largest absolute Gasteiger partial charge is 0.444 e. The minimum Gasteiger partial charge on any atom is -0.444 e. The first-order valence-electron chi connectivity index (χ1n) is 14.0. The highest BCUT2D eigenvalue weighted by atomic mass is 16.6. The maximum absolute atomic E-state index is 13.7. The van der Waals surface area contributed by atoms with E-state index in [-0.39, 0.29) is 42.4 Å². The molecule has 4 aliphatic rings. The van der Waals surface area contributed by atoms with Crippen LogP contribution in [0.3, 0.4) is 0 Å². The highest BCUT2D eigenvalue weighted by molar-refractivity contribution is 5.94. The molecule has 0 radical (unpaired) electrons. The summed E-state index contributed by atoms with van der Waals surface area (Å²) in [6.07, 6.45) is 1.49. The molecule has 2 bridgehead atoms. The van der Waals surface area contributed by atoms with Gasteiger partial charge in [-0.25, -0.2) is 4.79 Å². The number of amides is 4. The first kappa shape index (κ1) is 27.9. The summed E-state index contributed by atoms with van der Waals surface area (Å²) in [5.74, 6) is -0.122.